The van der Waals surface area contributed by atoms with E-state index in [1.54, 1.807) is 0 Å². The number of hydrogen-bond donors (Lipinski definition) is 0. The number of benzene rings is 1. The Balaban J connectivity index is 1.82. The molecule has 0 saturated carbocycles. The van der Waals surface area contributed by atoms with E-state index in [4.69, 9.17) is 14.2 Å². The first kappa shape index (κ1) is 12.5. The van der Waals surface area contributed by atoms with Crippen molar-refractivity contribution in [2.45, 2.75) is 20.1 Å². The van der Waals surface area contributed by atoms with E-state index < -0.39 is 0 Å². The molecule has 0 bridgehead atoms. The highest BCUT2D eigenvalue weighted by Gasteiger charge is 2.15. The van der Waals surface area contributed by atoms with Gasteiger partial charge in [0, 0.05) is 5.56 Å². The molecular formula is C16H18O3. The Kier molecular flexibility index (Phi) is 3.40. The number of rotatable bonds is 2. The Morgan fingerprint density at radius 2 is 1.95 bits per heavy atom. The molecule has 0 N–H and O–H groups in total. The third kappa shape index (κ3) is 2.72. The van der Waals surface area contributed by atoms with E-state index in [2.05, 4.69) is 32.1 Å². The summed E-state index contributed by atoms with van der Waals surface area (Å²) in [6, 6.07) is 4.30. The first-order chi connectivity index (χ1) is 9.22. The molecule has 0 unspecified atom stereocenters. The normalized spacial score (nSPS) is 19.4. The zero-order valence-corrected chi connectivity index (χ0v) is 11.3. The van der Waals surface area contributed by atoms with Gasteiger partial charge in [-0.05, 0) is 43.2 Å². The molecule has 3 nitrogen and oxygen atoms in total. The molecule has 3 rings (SSSR count). The van der Waals surface area contributed by atoms with Crippen LogP contribution in [0.4, 0.5) is 0 Å². The molecule has 0 aliphatic carbocycles. The van der Waals surface area contributed by atoms with Crippen molar-refractivity contribution in [1.82, 2.24) is 0 Å². The van der Waals surface area contributed by atoms with Gasteiger partial charge in [0.2, 0.25) is 0 Å². The lowest BCUT2D eigenvalue weighted by Crippen LogP contribution is -2.09. The van der Waals surface area contributed by atoms with E-state index in [1.807, 2.05) is 12.2 Å². The van der Waals surface area contributed by atoms with Crippen molar-refractivity contribution in [3.63, 3.8) is 0 Å². The number of aryl methyl sites for hydroxylation is 2. The topological polar surface area (TPSA) is 27.7 Å². The molecule has 1 fully saturated rings. The minimum Gasteiger partial charge on any atom is -0.488 e. The van der Waals surface area contributed by atoms with Gasteiger partial charge >= 0.3 is 0 Å². The van der Waals surface area contributed by atoms with Crippen molar-refractivity contribution in [3.8, 4) is 5.75 Å². The van der Waals surface area contributed by atoms with Gasteiger partial charge < -0.3 is 14.2 Å². The zero-order chi connectivity index (χ0) is 13.2. The fourth-order valence-electron chi connectivity index (χ4n) is 2.47. The Bertz CT molecular complexity index is 537. The predicted molar refractivity (Wildman–Crippen MR) is 74.2 cm³/mol. The van der Waals surface area contributed by atoms with E-state index in [9.17, 15) is 0 Å². The molecule has 1 saturated heterocycles. The first-order valence-electron chi connectivity index (χ1n) is 6.58. The van der Waals surface area contributed by atoms with E-state index >= 15 is 0 Å². The number of hydrogen-bond acceptors (Lipinski definition) is 3. The van der Waals surface area contributed by atoms with Gasteiger partial charge in [0.05, 0.1) is 13.2 Å². The van der Waals surface area contributed by atoms with Crippen LogP contribution in [0, 0.1) is 13.8 Å². The van der Waals surface area contributed by atoms with Crippen LogP contribution in [-0.2, 0) is 9.47 Å². The second-order valence-electron chi connectivity index (χ2n) is 4.98. The molecule has 2 aliphatic heterocycles. The van der Waals surface area contributed by atoms with Crippen LogP contribution >= 0.6 is 0 Å². The summed E-state index contributed by atoms with van der Waals surface area (Å²) in [7, 11) is 0. The average molecular weight is 258 g/mol. The molecule has 3 heteroatoms. The molecule has 0 spiro atoms. The Hall–Kier alpha value is -1.58. The van der Waals surface area contributed by atoms with Gasteiger partial charge in [-0.3, -0.25) is 0 Å². The molecule has 100 valence electrons. The molecule has 0 atom stereocenters. The lowest BCUT2D eigenvalue weighted by atomic mass is 10.0. The largest absolute Gasteiger partial charge is 0.488 e. The highest BCUT2D eigenvalue weighted by molar-refractivity contribution is 5.67. The SMILES string of the molecule is Cc1cc(C)c2c(c1)C=C(/C=C/C1OCCO1)CO2. The second-order valence-corrected chi connectivity index (χ2v) is 4.98. The van der Waals surface area contributed by atoms with Crippen LogP contribution in [0.5, 0.6) is 5.75 Å². The number of fused-ring (bicyclic) bond motifs is 1. The van der Waals surface area contributed by atoms with Crippen molar-refractivity contribution in [2.24, 2.45) is 0 Å². The summed E-state index contributed by atoms with van der Waals surface area (Å²) < 4.78 is 16.6. The van der Waals surface area contributed by atoms with Crippen LogP contribution in [0.3, 0.4) is 0 Å². The fourth-order valence-corrected chi connectivity index (χ4v) is 2.47. The molecule has 2 aliphatic rings. The smallest absolute Gasteiger partial charge is 0.177 e. The number of ether oxygens (including phenoxy) is 3. The van der Waals surface area contributed by atoms with Crippen molar-refractivity contribution in [1.29, 1.82) is 0 Å². The molecule has 1 aromatic rings. The maximum atomic E-state index is 5.84. The Labute approximate surface area is 113 Å². The third-order valence-electron chi connectivity index (χ3n) is 3.29. The van der Waals surface area contributed by atoms with Crippen LogP contribution in [0.25, 0.3) is 6.08 Å². The quantitative estimate of drug-likeness (QED) is 0.816. The minimum absolute atomic E-state index is 0.207. The fraction of sp³-hybridized carbons (Fsp3) is 0.375. The standard InChI is InChI=1S/C16H18O3/c1-11-7-12(2)16-14(8-11)9-13(10-19-16)3-4-15-17-5-6-18-15/h3-4,7-9,15H,5-6,10H2,1-2H3/b4-3+. The van der Waals surface area contributed by atoms with E-state index in [0.29, 0.717) is 19.8 Å². The van der Waals surface area contributed by atoms with Gasteiger partial charge in [0.1, 0.15) is 12.4 Å². The Morgan fingerprint density at radius 1 is 1.16 bits per heavy atom. The van der Waals surface area contributed by atoms with Crippen LogP contribution < -0.4 is 4.74 Å². The second kappa shape index (κ2) is 5.19. The summed E-state index contributed by atoms with van der Waals surface area (Å²) in [5.41, 5.74) is 4.73. The van der Waals surface area contributed by atoms with Crippen LogP contribution in [0.1, 0.15) is 16.7 Å². The maximum absolute atomic E-state index is 5.84. The van der Waals surface area contributed by atoms with Crippen molar-refractivity contribution >= 4 is 6.08 Å². The van der Waals surface area contributed by atoms with E-state index in [1.165, 1.54) is 11.1 Å². The van der Waals surface area contributed by atoms with Gasteiger partial charge in [0.15, 0.2) is 6.29 Å². The predicted octanol–water partition coefficient (Wildman–Crippen LogP) is 3.01. The minimum atomic E-state index is -0.207. The monoisotopic (exact) mass is 258 g/mol. The maximum Gasteiger partial charge on any atom is 0.177 e. The van der Waals surface area contributed by atoms with Crippen molar-refractivity contribution in [2.75, 3.05) is 19.8 Å². The summed E-state index contributed by atoms with van der Waals surface area (Å²) >= 11 is 0. The van der Waals surface area contributed by atoms with Gasteiger partial charge in [-0.1, -0.05) is 17.7 Å². The molecule has 0 radical (unpaired) electrons. The van der Waals surface area contributed by atoms with Gasteiger partial charge in [0.25, 0.3) is 0 Å². The summed E-state index contributed by atoms with van der Waals surface area (Å²) in [5.74, 6) is 0.996. The summed E-state index contributed by atoms with van der Waals surface area (Å²) in [6.45, 7) is 6.13. The highest BCUT2D eigenvalue weighted by atomic mass is 16.7. The van der Waals surface area contributed by atoms with E-state index in [0.717, 1.165) is 16.9 Å². The molecule has 0 aromatic heterocycles. The lowest BCUT2D eigenvalue weighted by Gasteiger charge is -2.19. The van der Waals surface area contributed by atoms with Gasteiger partial charge in [-0.25, -0.2) is 0 Å². The Morgan fingerprint density at radius 3 is 2.74 bits per heavy atom. The summed E-state index contributed by atoms with van der Waals surface area (Å²) in [6.07, 6.45) is 5.93. The molecule has 1 aromatic carbocycles. The van der Waals surface area contributed by atoms with Crippen LogP contribution in [-0.4, -0.2) is 26.1 Å². The summed E-state index contributed by atoms with van der Waals surface area (Å²) in [4.78, 5) is 0. The molecule has 2 heterocycles. The van der Waals surface area contributed by atoms with Gasteiger partial charge in [-0.2, -0.15) is 0 Å². The highest BCUT2D eigenvalue weighted by Crippen LogP contribution is 2.31. The van der Waals surface area contributed by atoms with Crippen molar-refractivity contribution < 1.29 is 14.2 Å². The van der Waals surface area contributed by atoms with Crippen molar-refractivity contribution in [3.05, 3.63) is 46.5 Å². The molecule has 19 heavy (non-hydrogen) atoms. The third-order valence-corrected chi connectivity index (χ3v) is 3.29. The van der Waals surface area contributed by atoms with E-state index in [-0.39, 0.29) is 6.29 Å². The zero-order valence-electron chi connectivity index (χ0n) is 11.3. The van der Waals surface area contributed by atoms with Crippen LogP contribution in [0.15, 0.2) is 29.9 Å². The van der Waals surface area contributed by atoms with Crippen LogP contribution in [0.2, 0.25) is 0 Å². The molecule has 0 amide bonds. The summed E-state index contributed by atoms with van der Waals surface area (Å²) in [5, 5.41) is 0. The molecular weight excluding hydrogens is 240 g/mol. The van der Waals surface area contributed by atoms with Gasteiger partial charge in [-0.15, -0.1) is 0 Å². The average Bonchev–Trinajstić information content (AvgIpc) is 2.88. The lowest BCUT2D eigenvalue weighted by molar-refractivity contribution is -0.00159. The first-order valence-corrected chi connectivity index (χ1v) is 6.58.